The fourth-order valence-electron chi connectivity index (χ4n) is 2.09. The van der Waals surface area contributed by atoms with E-state index in [0.717, 1.165) is 31.9 Å². The van der Waals surface area contributed by atoms with Crippen LogP contribution in [0.3, 0.4) is 0 Å². The van der Waals surface area contributed by atoms with Crippen LogP contribution < -0.4 is 20.1 Å². The van der Waals surface area contributed by atoms with Crippen LogP contribution in [0.15, 0.2) is 23.1 Å². The highest BCUT2D eigenvalue weighted by Gasteiger charge is 2.22. The van der Waals surface area contributed by atoms with E-state index in [1.54, 1.807) is 6.07 Å². The average Bonchev–Trinajstić information content (AvgIpc) is 2.37. The van der Waals surface area contributed by atoms with Gasteiger partial charge in [0.1, 0.15) is 4.90 Å². The molecule has 3 N–H and O–H groups in total. The number of sulfonamides is 1. The van der Waals surface area contributed by atoms with E-state index >= 15 is 0 Å². The highest BCUT2D eigenvalue weighted by Crippen LogP contribution is 2.34. The van der Waals surface area contributed by atoms with Gasteiger partial charge in [-0.05, 0) is 12.1 Å². The van der Waals surface area contributed by atoms with Crippen molar-refractivity contribution in [1.29, 1.82) is 0 Å². The molecule has 0 aromatic heterocycles. The van der Waals surface area contributed by atoms with Gasteiger partial charge in [-0.15, -0.1) is 0 Å². The van der Waals surface area contributed by atoms with Crippen LogP contribution in [0.25, 0.3) is 0 Å². The number of hydrogen-bond donors (Lipinski definition) is 2. The number of para-hydroxylation sites is 1. The summed E-state index contributed by atoms with van der Waals surface area (Å²) < 4.78 is 28.3. The third-order valence-electron chi connectivity index (χ3n) is 2.93. The van der Waals surface area contributed by atoms with Gasteiger partial charge < -0.3 is 15.0 Å². The van der Waals surface area contributed by atoms with Crippen LogP contribution in [0, 0.1) is 0 Å². The van der Waals surface area contributed by atoms with Gasteiger partial charge >= 0.3 is 0 Å². The van der Waals surface area contributed by atoms with Gasteiger partial charge in [-0.2, -0.15) is 0 Å². The summed E-state index contributed by atoms with van der Waals surface area (Å²) in [6.07, 6.45) is 0. The number of hydrogen-bond acceptors (Lipinski definition) is 5. The summed E-state index contributed by atoms with van der Waals surface area (Å²) in [6.45, 7) is 3.35. The molecule has 100 valence electrons. The maximum atomic E-state index is 11.5. The van der Waals surface area contributed by atoms with Crippen molar-refractivity contribution >= 4 is 15.7 Å². The van der Waals surface area contributed by atoms with Gasteiger partial charge in [-0.3, -0.25) is 0 Å². The Morgan fingerprint density at radius 3 is 2.56 bits per heavy atom. The Hall–Kier alpha value is -1.31. The number of ether oxygens (including phenoxy) is 1. The van der Waals surface area contributed by atoms with Gasteiger partial charge in [-0.25, -0.2) is 13.6 Å². The molecule has 0 atom stereocenters. The molecule has 0 aliphatic carbocycles. The second-order valence-corrected chi connectivity index (χ2v) is 5.62. The molecule has 18 heavy (non-hydrogen) atoms. The third kappa shape index (κ3) is 2.58. The van der Waals surface area contributed by atoms with Crippen LogP contribution in [-0.2, 0) is 10.0 Å². The summed E-state index contributed by atoms with van der Waals surface area (Å²) in [7, 11) is -2.32. The molecule has 1 aromatic carbocycles. The van der Waals surface area contributed by atoms with Gasteiger partial charge in [0.25, 0.3) is 0 Å². The molecule has 0 unspecified atom stereocenters. The van der Waals surface area contributed by atoms with Crippen LogP contribution in [0.5, 0.6) is 5.75 Å². The Balaban J connectivity index is 2.47. The lowest BCUT2D eigenvalue weighted by Gasteiger charge is -2.31. The minimum atomic E-state index is -3.77. The molecule has 0 spiro atoms. The molecular weight excluding hydrogens is 254 g/mol. The minimum Gasteiger partial charge on any atom is -0.493 e. The average molecular weight is 271 g/mol. The van der Waals surface area contributed by atoms with Crippen molar-refractivity contribution in [2.45, 2.75) is 4.90 Å². The van der Waals surface area contributed by atoms with Crippen LogP contribution in [0.4, 0.5) is 5.69 Å². The maximum absolute atomic E-state index is 11.5. The van der Waals surface area contributed by atoms with E-state index in [1.165, 1.54) is 13.2 Å². The van der Waals surface area contributed by atoms with E-state index in [9.17, 15) is 8.42 Å². The van der Waals surface area contributed by atoms with Gasteiger partial charge in [0.05, 0.1) is 12.8 Å². The molecule has 1 fully saturated rings. The summed E-state index contributed by atoms with van der Waals surface area (Å²) in [6, 6.07) is 4.98. The Labute approximate surface area is 107 Å². The van der Waals surface area contributed by atoms with Crippen molar-refractivity contribution in [1.82, 2.24) is 5.32 Å². The standard InChI is InChI=1S/C11H17N3O3S/c1-17-11-9(14-7-5-13-6-8-14)3-2-4-10(11)18(12,15)16/h2-4,13H,5-8H2,1H3,(H2,12,15,16). The SMILES string of the molecule is COc1c(N2CCNCC2)cccc1S(N)(=O)=O. The zero-order chi connectivity index (χ0) is 13.2. The van der Waals surface area contributed by atoms with Crippen molar-refractivity contribution in [3.05, 3.63) is 18.2 Å². The largest absolute Gasteiger partial charge is 0.493 e. The molecule has 7 heteroatoms. The fourth-order valence-corrected chi connectivity index (χ4v) is 2.80. The van der Waals surface area contributed by atoms with E-state index in [2.05, 4.69) is 10.2 Å². The maximum Gasteiger partial charge on any atom is 0.241 e. The monoisotopic (exact) mass is 271 g/mol. The lowest BCUT2D eigenvalue weighted by molar-refractivity contribution is 0.401. The summed E-state index contributed by atoms with van der Waals surface area (Å²) >= 11 is 0. The van der Waals surface area contributed by atoms with Gasteiger partial charge in [0.2, 0.25) is 10.0 Å². The Morgan fingerprint density at radius 2 is 2.00 bits per heavy atom. The van der Waals surface area contributed by atoms with E-state index in [-0.39, 0.29) is 4.90 Å². The van der Waals surface area contributed by atoms with Crippen molar-refractivity contribution in [3.8, 4) is 5.75 Å². The minimum absolute atomic E-state index is 0.0287. The first-order valence-corrected chi connectivity index (χ1v) is 7.24. The van der Waals surface area contributed by atoms with Crippen molar-refractivity contribution in [2.24, 2.45) is 5.14 Å². The summed E-state index contributed by atoms with van der Waals surface area (Å²) in [4.78, 5) is 2.12. The normalized spacial score (nSPS) is 16.7. The lowest BCUT2D eigenvalue weighted by Crippen LogP contribution is -2.43. The zero-order valence-corrected chi connectivity index (χ0v) is 11.0. The molecule has 6 nitrogen and oxygen atoms in total. The fraction of sp³-hybridized carbons (Fsp3) is 0.455. The molecule has 0 radical (unpaired) electrons. The number of methoxy groups -OCH3 is 1. The lowest BCUT2D eigenvalue weighted by atomic mass is 10.2. The molecule has 1 aliphatic rings. The highest BCUT2D eigenvalue weighted by molar-refractivity contribution is 7.89. The first-order chi connectivity index (χ1) is 8.54. The summed E-state index contributed by atoms with van der Waals surface area (Å²) in [5.74, 6) is 0.321. The van der Waals surface area contributed by atoms with Gasteiger partial charge in [0.15, 0.2) is 5.75 Å². The van der Waals surface area contributed by atoms with Crippen LogP contribution in [0.1, 0.15) is 0 Å². The van der Waals surface area contributed by atoms with Crippen LogP contribution >= 0.6 is 0 Å². The molecule has 0 bridgehead atoms. The topological polar surface area (TPSA) is 84.7 Å². The first-order valence-electron chi connectivity index (χ1n) is 5.69. The molecule has 0 saturated carbocycles. The number of nitrogens with one attached hydrogen (secondary N) is 1. The van der Waals surface area contributed by atoms with Gasteiger partial charge in [-0.1, -0.05) is 6.07 Å². The van der Waals surface area contributed by atoms with Crippen molar-refractivity contribution in [2.75, 3.05) is 38.2 Å². The van der Waals surface area contributed by atoms with Crippen LogP contribution in [-0.4, -0.2) is 41.7 Å². The zero-order valence-electron chi connectivity index (χ0n) is 10.2. The van der Waals surface area contributed by atoms with Crippen molar-refractivity contribution in [3.63, 3.8) is 0 Å². The van der Waals surface area contributed by atoms with E-state index in [0.29, 0.717) is 5.75 Å². The number of anilines is 1. The Kier molecular flexibility index (Phi) is 3.74. The summed E-state index contributed by atoms with van der Waals surface area (Å²) in [5, 5.41) is 8.43. The van der Waals surface area contributed by atoms with E-state index in [1.807, 2.05) is 6.07 Å². The smallest absolute Gasteiger partial charge is 0.241 e. The molecule has 0 amide bonds. The number of rotatable bonds is 3. The van der Waals surface area contributed by atoms with E-state index in [4.69, 9.17) is 9.88 Å². The predicted octanol–water partition coefficient (Wildman–Crippen LogP) is -0.248. The Bertz CT molecular complexity index is 524. The highest BCUT2D eigenvalue weighted by atomic mass is 32.2. The Morgan fingerprint density at radius 1 is 1.33 bits per heavy atom. The number of primary sulfonamides is 1. The van der Waals surface area contributed by atoms with E-state index < -0.39 is 10.0 Å². The molecule has 1 saturated heterocycles. The molecule has 2 rings (SSSR count). The third-order valence-corrected chi connectivity index (χ3v) is 3.86. The number of piperazine rings is 1. The first kappa shape index (κ1) is 13.1. The molecular formula is C11H17N3O3S. The number of nitrogens with zero attached hydrogens (tertiary/aromatic N) is 1. The quantitative estimate of drug-likeness (QED) is 0.792. The second-order valence-electron chi connectivity index (χ2n) is 4.09. The number of benzene rings is 1. The summed E-state index contributed by atoms with van der Waals surface area (Å²) in [5.41, 5.74) is 0.769. The predicted molar refractivity (Wildman–Crippen MR) is 69.4 cm³/mol. The molecule has 1 aliphatic heterocycles. The number of nitrogens with two attached hydrogens (primary N) is 1. The second kappa shape index (κ2) is 5.13. The molecule has 1 heterocycles. The van der Waals surface area contributed by atoms with Gasteiger partial charge in [0, 0.05) is 26.2 Å². The van der Waals surface area contributed by atoms with Crippen molar-refractivity contribution < 1.29 is 13.2 Å². The molecule has 1 aromatic rings. The van der Waals surface area contributed by atoms with Crippen LogP contribution in [0.2, 0.25) is 0 Å².